The van der Waals surface area contributed by atoms with E-state index in [0.717, 1.165) is 29.2 Å². The first-order valence-corrected chi connectivity index (χ1v) is 12.3. The highest BCUT2D eigenvalue weighted by molar-refractivity contribution is 7.86. The van der Waals surface area contributed by atoms with E-state index in [1.54, 1.807) is 48.5 Å². The lowest BCUT2D eigenvalue weighted by Crippen LogP contribution is -2.07. The summed E-state index contributed by atoms with van der Waals surface area (Å²) >= 11 is 0. The third-order valence-electron chi connectivity index (χ3n) is 4.05. The van der Waals surface area contributed by atoms with Crippen LogP contribution in [0.25, 0.3) is 0 Å². The van der Waals surface area contributed by atoms with Gasteiger partial charge >= 0.3 is 20.2 Å². The predicted molar refractivity (Wildman–Crippen MR) is 111 cm³/mol. The molecule has 0 aliphatic carbocycles. The molecule has 8 heteroatoms. The van der Waals surface area contributed by atoms with Crippen molar-refractivity contribution >= 4 is 20.2 Å². The third kappa shape index (κ3) is 6.07. The van der Waals surface area contributed by atoms with Crippen LogP contribution in [0.1, 0.15) is 22.6 Å². The second-order valence-electron chi connectivity index (χ2n) is 6.56. The molecule has 3 aromatic carbocycles. The molecular formula is C21H20O6S2. The molecule has 3 rings (SSSR count). The third-order valence-corrected chi connectivity index (χ3v) is 5.05. The van der Waals surface area contributed by atoms with Gasteiger partial charge in [0.05, 0.1) is 12.5 Å². The Bertz CT molecular complexity index is 1090. The highest BCUT2D eigenvalue weighted by Gasteiger charge is 2.18. The fourth-order valence-corrected chi connectivity index (χ4v) is 3.93. The molecule has 0 saturated carbocycles. The zero-order valence-corrected chi connectivity index (χ0v) is 17.5. The molecule has 0 spiro atoms. The zero-order valence-electron chi connectivity index (χ0n) is 15.8. The van der Waals surface area contributed by atoms with Crippen LogP contribution in [0, 0.1) is 0 Å². The van der Waals surface area contributed by atoms with E-state index >= 15 is 0 Å². The molecule has 0 amide bonds. The lowest BCUT2D eigenvalue weighted by atomic mass is 9.85. The van der Waals surface area contributed by atoms with Gasteiger partial charge in [-0.2, -0.15) is 16.8 Å². The Morgan fingerprint density at radius 2 is 0.897 bits per heavy atom. The summed E-state index contributed by atoms with van der Waals surface area (Å²) in [5, 5.41) is 0. The maximum Gasteiger partial charge on any atom is 0.306 e. The molecule has 0 N–H and O–H groups in total. The van der Waals surface area contributed by atoms with E-state index in [2.05, 4.69) is 0 Å². The second-order valence-corrected chi connectivity index (χ2v) is 9.71. The van der Waals surface area contributed by atoms with Crippen molar-refractivity contribution in [3.05, 3.63) is 95.6 Å². The van der Waals surface area contributed by atoms with Gasteiger partial charge in [-0.1, -0.05) is 54.6 Å². The first-order valence-electron chi connectivity index (χ1n) is 8.64. The van der Waals surface area contributed by atoms with E-state index in [0.29, 0.717) is 0 Å². The molecule has 0 saturated heterocycles. The normalized spacial score (nSPS) is 12.0. The smallest absolute Gasteiger partial charge is 0.306 e. The molecule has 0 atom stereocenters. The molecule has 0 unspecified atom stereocenters. The van der Waals surface area contributed by atoms with Gasteiger partial charge in [0.2, 0.25) is 0 Å². The minimum Gasteiger partial charge on any atom is -0.383 e. The van der Waals surface area contributed by atoms with E-state index in [9.17, 15) is 16.8 Å². The van der Waals surface area contributed by atoms with Crippen LogP contribution in [0.15, 0.2) is 78.9 Å². The van der Waals surface area contributed by atoms with Gasteiger partial charge in [0.1, 0.15) is 11.5 Å². The summed E-state index contributed by atoms with van der Waals surface area (Å²) in [5.41, 5.74) is 2.88. The van der Waals surface area contributed by atoms with Crippen LogP contribution in [0.2, 0.25) is 0 Å². The molecule has 0 aliphatic rings. The number of hydrogen-bond acceptors (Lipinski definition) is 6. The van der Waals surface area contributed by atoms with Gasteiger partial charge in [-0.3, -0.25) is 0 Å². The van der Waals surface area contributed by atoms with Crippen LogP contribution in [-0.4, -0.2) is 29.3 Å². The van der Waals surface area contributed by atoms with Crippen molar-refractivity contribution in [1.82, 2.24) is 0 Å². The van der Waals surface area contributed by atoms with Gasteiger partial charge in [-0.15, -0.1) is 0 Å². The quantitative estimate of drug-likeness (QED) is 0.419. The van der Waals surface area contributed by atoms with Crippen LogP contribution in [0.4, 0.5) is 0 Å². The van der Waals surface area contributed by atoms with Crippen molar-refractivity contribution in [1.29, 1.82) is 0 Å². The summed E-state index contributed by atoms with van der Waals surface area (Å²) in [5.74, 6) is 0.329. The number of benzene rings is 3. The molecule has 0 fully saturated rings. The van der Waals surface area contributed by atoms with Crippen LogP contribution in [-0.2, 0) is 20.2 Å². The van der Waals surface area contributed by atoms with Gasteiger partial charge in [-0.25, -0.2) is 0 Å². The zero-order chi connectivity index (χ0) is 21.1. The molecule has 0 aliphatic heterocycles. The fourth-order valence-electron chi connectivity index (χ4n) is 3.00. The topological polar surface area (TPSA) is 86.7 Å². The first kappa shape index (κ1) is 20.9. The highest BCUT2D eigenvalue weighted by atomic mass is 32.2. The van der Waals surface area contributed by atoms with E-state index in [4.69, 9.17) is 8.37 Å². The molecule has 29 heavy (non-hydrogen) atoms. The Morgan fingerprint density at radius 3 is 1.24 bits per heavy atom. The minimum atomic E-state index is -3.60. The van der Waals surface area contributed by atoms with Gasteiger partial charge < -0.3 is 8.37 Å². The largest absolute Gasteiger partial charge is 0.383 e. The highest BCUT2D eigenvalue weighted by Crippen LogP contribution is 2.33. The Hall–Kier alpha value is -2.84. The monoisotopic (exact) mass is 432 g/mol. The van der Waals surface area contributed by atoms with Crippen molar-refractivity contribution in [2.24, 2.45) is 0 Å². The molecule has 6 nitrogen and oxygen atoms in total. The van der Waals surface area contributed by atoms with Crippen LogP contribution in [0.5, 0.6) is 11.5 Å². The maximum absolute atomic E-state index is 11.3. The molecule has 0 heterocycles. The van der Waals surface area contributed by atoms with E-state index in [1.165, 1.54) is 0 Å². The van der Waals surface area contributed by atoms with E-state index in [1.807, 2.05) is 30.3 Å². The molecule has 0 radical (unpaired) electrons. The second kappa shape index (κ2) is 8.26. The summed E-state index contributed by atoms with van der Waals surface area (Å²) in [6.07, 6.45) is 1.99. The minimum absolute atomic E-state index is 0.143. The van der Waals surface area contributed by atoms with Gasteiger partial charge in [-0.05, 0) is 41.0 Å². The molecule has 0 bridgehead atoms. The Morgan fingerprint density at radius 1 is 0.552 bits per heavy atom. The standard InChI is InChI=1S/C21H20O6S2/c1-28(22,23)26-19-12-8-17(9-13-19)21(16-6-4-3-5-7-16)18-10-14-20(15-11-18)27-29(2,24)25/h3-15,21H,1-2H3. The summed E-state index contributed by atoms with van der Waals surface area (Å²) in [4.78, 5) is 0. The SMILES string of the molecule is CS(=O)(=O)Oc1ccc(C(c2ccccc2)c2ccc(OS(C)(=O)=O)cc2)cc1. The summed E-state index contributed by atoms with van der Waals surface area (Å²) in [7, 11) is -7.19. The van der Waals surface area contributed by atoms with Crippen molar-refractivity contribution in [2.45, 2.75) is 5.92 Å². The van der Waals surface area contributed by atoms with Crippen LogP contribution in [0.3, 0.4) is 0 Å². The summed E-state index contributed by atoms with van der Waals surface area (Å²) in [6.45, 7) is 0. The molecule has 0 aromatic heterocycles. The number of rotatable bonds is 7. The van der Waals surface area contributed by atoms with Crippen molar-refractivity contribution < 1.29 is 25.2 Å². The fraction of sp³-hybridized carbons (Fsp3) is 0.143. The number of hydrogen-bond donors (Lipinski definition) is 0. The summed E-state index contributed by atoms with van der Waals surface area (Å²) in [6, 6.07) is 23.4. The van der Waals surface area contributed by atoms with Crippen molar-refractivity contribution in [3.8, 4) is 11.5 Å². The first-order chi connectivity index (χ1) is 13.6. The maximum atomic E-state index is 11.3. The average molecular weight is 433 g/mol. The Kier molecular flexibility index (Phi) is 5.95. The van der Waals surface area contributed by atoms with Crippen LogP contribution >= 0.6 is 0 Å². The molecular weight excluding hydrogens is 412 g/mol. The molecule has 152 valence electrons. The predicted octanol–water partition coefficient (Wildman–Crippen LogP) is 3.54. The average Bonchev–Trinajstić information content (AvgIpc) is 2.63. The van der Waals surface area contributed by atoms with E-state index < -0.39 is 20.2 Å². The lowest BCUT2D eigenvalue weighted by molar-refractivity contribution is 0.491. The van der Waals surface area contributed by atoms with Gasteiger partial charge in [0.25, 0.3) is 0 Å². The summed E-state index contributed by atoms with van der Waals surface area (Å²) < 4.78 is 55.1. The lowest BCUT2D eigenvalue weighted by Gasteiger charge is -2.19. The molecule has 3 aromatic rings. The van der Waals surface area contributed by atoms with Crippen LogP contribution < -0.4 is 8.37 Å². The van der Waals surface area contributed by atoms with Crippen molar-refractivity contribution in [3.63, 3.8) is 0 Å². The van der Waals surface area contributed by atoms with Gasteiger partial charge in [0.15, 0.2) is 0 Å². The van der Waals surface area contributed by atoms with E-state index in [-0.39, 0.29) is 17.4 Å². The van der Waals surface area contributed by atoms with Crippen molar-refractivity contribution in [2.75, 3.05) is 12.5 Å². The Balaban J connectivity index is 1.98. The van der Waals surface area contributed by atoms with Gasteiger partial charge in [0, 0.05) is 5.92 Å². The Labute approximate surface area is 171 Å².